The van der Waals surface area contributed by atoms with Gasteiger partial charge in [-0.15, -0.1) is 0 Å². The number of hydrogen-bond acceptors (Lipinski definition) is 6. The molecule has 8 bridgehead atoms. The lowest BCUT2D eigenvalue weighted by Crippen LogP contribution is -2.18. The third-order valence-electron chi connectivity index (χ3n) is 14.1. The first-order valence-corrected chi connectivity index (χ1v) is 27.1. The molecule has 0 fully saturated rings. The molecule has 8 heteroatoms. The lowest BCUT2D eigenvalue weighted by atomic mass is 9.97. The van der Waals surface area contributed by atoms with E-state index in [9.17, 15) is 9.59 Å². The summed E-state index contributed by atoms with van der Waals surface area (Å²) in [7, 11) is 0. The topological polar surface area (TPSA) is 110 Å². The van der Waals surface area contributed by atoms with Crippen LogP contribution in [0.1, 0.15) is 144 Å². The zero-order valence-corrected chi connectivity index (χ0v) is 46.3. The number of rotatable bonds is 14. The number of nitrogens with zero attached hydrogens (tertiary/aromatic N) is 2. The SMILES string of the molecule is CCOC(=O)C(=CC=C=C=C=C=Cc1cc2[nH]c1c(-c1ccc(C(C)C)cc1)c1nc(c(-c3ccc(C(C)C)cc3)c3ccc([nH]3)c(-c3ccc(C(C)C)cc3)c3nc(c2-c2ccc(C(C)C)cc2)C=C3)C=C1)C(=O)OCC. The fourth-order valence-electron chi connectivity index (χ4n) is 9.77. The number of allylic oxidation sites excluding steroid dienone is 2. The lowest BCUT2D eigenvalue weighted by molar-refractivity contribution is -0.146. The molecule has 0 saturated heterocycles. The Bertz CT molecular complexity index is 3850. The molecule has 2 N–H and O–H groups in total. The number of carbonyl (C=O) groups excluding carboxylic acids is 2. The minimum absolute atomic E-state index is 0.110. The van der Waals surface area contributed by atoms with Crippen molar-refractivity contribution in [2.45, 2.75) is 92.9 Å². The van der Waals surface area contributed by atoms with E-state index in [1.165, 1.54) is 34.4 Å². The first kappa shape index (κ1) is 53.8. The molecule has 5 heterocycles. The van der Waals surface area contributed by atoms with Gasteiger partial charge >= 0.3 is 11.9 Å². The molecule has 9 rings (SSSR count). The Morgan fingerprint density at radius 2 is 0.833 bits per heavy atom. The molecule has 78 heavy (non-hydrogen) atoms. The third kappa shape index (κ3) is 11.7. The molecule has 0 unspecified atom stereocenters. The molecule has 7 aromatic rings. The van der Waals surface area contributed by atoms with Gasteiger partial charge in [0.25, 0.3) is 0 Å². The summed E-state index contributed by atoms with van der Waals surface area (Å²) in [6.45, 7) is 21.2. The fraction of sp³-hybridized carbons (Fsp3) is 0.229. The zero-order valence-electron chi connectivity index (χ0n) is 46.3. The van der Waals surface area contributed by atoms with Crippen LogP contribution in [0.15, 0.2) is 156 Å². The number of fused-ring (bicyclic) bond motifs is 8. The summed E-state index contributed by atoms with van der Waals surface area (Å²) in [4.78, 5) is 44.2. The van der Waals surface area contributed by atoms with Crippen molar-refractivity contribution in [2.24, 2.45) is 0 Å². The highest BCUT2D eigenvalue weighted by atomic mass is 16.6. The molecule has 4 aromatic carbocycles. The van der Waals surface area contributed by atoms with E-state index in [0.717, 1.165) is 94.9 Å². The molecule has 0 aliphatic carbocycles. The molecule has 390 valence electrons. The number of H-pyrrole nitrogens is 2. The molecule has 0 spiro atoms. The van der Waals surface area contributed by atoms with Gasteiger partial charge in [0, 0.05) is 44.4 Å². The van der Waals surface area contributed by atoms with Crippen LogP contribution < -0.4 is 0 Å². The molecule has 0 atom stereocenters. The summed E-state index contributed by atoms with van der Waals surface area (Å²) in [6, 6.07) is 41.7. The first-order valence-electron chi connectivity index (χ1n) is 27.1. The maximum absolute atomic E-state index is 12.6. The quantitative estimate of drug-likeness (QED) is 0.0280. The van der Waals surface area contributed by atoms with Crippen molar-refractivity contribution < 1.29 is 19.1 Å². The number of nitrogens with one attached hydrogen (secondary N) is 2. The maximum Gasteiger partial charge on any atom is 0.345 e. The van der Waals surface area contributed by atoms with Crippen LogP contribution in [0.2, 0.25) is 0 Å². The monoisotopic (exact) mass is 1030 g/mol. The number of aromatic nitrogens is 4. The summed E-state index contributed by atoms with van der Waals surface area (Å²) < 4.78 is 10.2. The Hall–Kier alpha value is -8.98. The minimum atomic E-state index is -0.780. The number of esters is 2. The van der Waals surface area contributed by atoms with Crippen LogP contribution in [0.25, 0.3) is 97.0 Å². The Morgan fingerprint density at radius 3 is 1.22 bits per heavy atom. The molecule has 2 aliphatic heterocycles. The summed E-state index contributed by atoms with van der Waals surface area (Å²) in [5.74, 6) is -0.130. The average Bonchev–Trinajstić information content (AvgIpc) is 4.48. The number of aromatic amines is 2. The second-order valence-electron chi connectivity index (χ2n) is 20.7. The van der Waals surface area contributed by atoms with Crippen LogP contribution in [-0.2, 0) is 19.1 Å². The number of hydrogen-bond donors (Lipinski definition) is 2. The molecular formula is C70H66N4O4. The van der Waals surface area contributed by atoms with Gasteiger partial charge in [0.1, 0.15) is 5.57 Å². The Balaban J connectivity index is 1.43. The maximum atomic E-state index is 12.6. The van der Waals surface area contributed by atoms with Crippen molar-refractivity contribution in [1.82, 2.24) is 19.9 Å². The van der Waals surface area contributed by atoms with Crippen molar-refractivity contribution >= 4 is 64.4 Å². The van der Waals surface area contributed by atoms with E-state index in [-0.39, 0.29) is 18.8 Å². The van der Waals surface area contributed by atoms with Crippen LogP contribution in [0.4, 0.5) is 0 Å². The van der Waals surface area contributed by atoms with E-state index < -0.39 is 11.9 Å². The fourth-order valence-corrected chi connectivity index (χ4v) is 9.77. The molecule has 0 radical (unpaired) electrons. The Labute approximate surface area is 458 Å². The second-order valence-corrected chi connectivity index (χ2v) is 20.7. The number of ether oxygens (including phenoxy) is 2. The van der Waals surface area contributed by atoms with Crippen molar-refractivity contribution in [3.63, 3.8) is 0 Å². The van der Waals surface area contributed by atoms with Crippen molar-refractivity contribution in [3.05, 3.63) is 207 Å². The van der Waals surface area contributed by atoms with Gasteiger partial charge in [-0.3, -0.25) is 0 Å². The van der Waals surface area contributed by atoms with Gasteiger partial charge in [0.2, 0.25) is 0 Å². The van der Waals surface area contributed by atoms with E-state index in [1.54, 1.807) is 13.8 Å². The molecule has 0 saturated carbocycles. The zero-order chi connectivity index (χ0) is 55.0. The average molecular weight is 1030 g/mol. The molecular weight excluding hydrogens is 961 g/mol. The number of benzene rings is 4. The van der Waals surface area contributed by atoms with Gasteiger partial charge in [0.15, 0.2) is 0 Å². The summed E-state index contributed by atoms with van der Waals surface area (Å²) in [5, 5.41) is 0. The van der Waals surface area contributed by atoms with Gasteiger partial charge < -0.3 is 19.4 Å². The standard InChI is InChI=1S/C70H66N4O4/c1-11-77-69(75)56(70(76)78-12-2)19-17-15-13-14-16-18-55-42-63-66(53-32-24-49(25-33-53)45(7)8)61-39-38-59(72-61)64(51-28-20-47(21-29-51)43(3)4)57-36-37-58(71-57)65(52-30-22-48(23-31-52)44(5)6)60-40-41-62(73-60)67(68(55)74-63)54-34-26-50(27-35-54)46(9)10/h17-46,71,74H,11-12H2,1-10H3. The predicted octanol–water partition coefficient (Wildman–Crippen LogP) is 17.5. The number of carbonyl (C=O) groups is 2. The lowest BCUT2D eigenvalue weighted by Gasteiger charge is -2.10. The van der Waals surface area contributed by atoms with Gasteiger partial charge in [-0.2, -0.15) is 0 Å². The molecule has 3 aromatic heterocycles. The largest absolute Gasteiger partial charge is 0.462 e. The van der Waals surface area contributed by atoms with Crippen LogP contribution in [0.3, 0.4) is 0 Å². The van der Waals surface area contributed by atoms with E-state index in [0.29, 0.717) is 23.7 Å². The van der Waals surface area contributed by atoms with Gasteiger partial charge in [-0.05, 0) is 154 Å². The highest BCUT2D eigenvalue weighted by Gasteiger charge is 2.22. The van der Waals surface area contributed by atoms with Gasteiger partial charge in [-0.1, -0.05) is 164 Å². The van der Waals surface area contributed by atoms with E-state index in [1.807, 2.05) is 6.08 Å². The minimum Gasteiger partial charge on any atom is -0.462 e. The summed E-state index contributed by atoms with van der Waals surface area (Å²) >= 11 is 0. The predicted molar refractivity (Wildman–Crippen MR) is 321 cm³/mol. The molecule has 8 nitrogen and oxygen atoms in total. The Morgan fingerprint density at radius 1 is 0.474 bits per heavy atom. The highest BCUT2D eigenvalue weighted by Crippen LogP contribution is 2.41. The van der Waals surface area contributed by atoms with Crippen LogP contribution in [0.5, 0.6) is 0 Å². The summed E-state index contributed by atoms with van der Waals surface area (Å²) in [6.07, 6.45) is 13.1. The van der Waals surface area contributed by atoms with Crippen molar-refractivity contribution in [3.8, 4) is 44.5 Å². The van der Waals surface area contributed by atoms with Crippen LogP contribution in [0, 0.1) is 0 Å². The first-order chi connectivity index (χ1) is 37.7. The normalized spacial score (nSPS) is 11.6. The Kier molecular flexibility index (Phi) is 16.5. The summed E-state index contributed by atoms with van der Waals surface area (Å²) in [5.41, 5.74) is 32.1. The van der Waals surface area contributed by atoms with E-state index in [2.05, 4.69) is 228 Å². The van der Waals surface area contributed by atoms with Gasteiger partial charge in [-0.25, -0.2) is 19.6 Å². The van der Waals surface area contributed by atoms with Crippen molar-refractivity contribution in [2.75, 3.05) is 13.2 Å². The van der Waals surface area contributed by atoms with E-state index in [4.69, 9.17) is 19.4 Å². The second kappa shape index (κ2) is 23.9. The van der Waals surface area contributed by atoms with Gasteiger partial charge in [0.05, 0.1) is 41.5 Å². The van der Waals surface area contributed by atoms with E-state index >= 15 is 0 Å². The molecule has 0 amide bonds. The highest BCUT2D eigenvalue weighted by molar-refractivity contribution is 6.14. The third-order valence-corrected chi connectivity index (χ3v) is 14.1. The van der Waals surface area contributed by atoms with Crippen LogP contribution >= 0.6 is 0 Å². The smallest absolute Gasteiger partial charge is 0.345 e. The van der Waals surface area contributed by atoms with Crippen LogP contribution in [-0.4, -0.2) is 45.1 Å². The van der Waals surface area contributed by atoms with Crippen molar-refractivity contribution in [1.29, 1.82) is 0 Å². The molecule has 2 aliphatic rings.